The van der Waals surface area contributed by atoms with Crippen LogP contribution in [0.4, 0.5) is 0 Å². The Kier molecular flexibility index (Phi) is 3.65. The normalized spacial score (nSPS) is 13.4. The first-order valence-corrected chi connectivity index (χ1v) is 6.98. The molecular formula is C10H11ClN4O2S. The Hall–Kier alpha value is -1.44. The Bertz CT molecular complexity index is 627. The van der Waals surface area contributed by atoms with E-state index in [1.807, 2.05) is 0 Å². The number of pyridine rings is 1. The van der Waals surface area contributed by atoms with Gasteiger partial charge in [-0.05, 0) is 19.1 Å². The Morgan fingerprint density at radius 3 is 2.89 bits per heavy atom. The van der Waals surface area contributed by atoms with E-state index in [9.17, 15) is 8.42 Å². The number of rotatable bonds is 4. The highest BCUT2D eigenvalue weighted by molar-refractivity contribution is 7.89. The largest absolute Gasteiger partial charge is 0.285 e. The van der Waals surface area contributed by atoms with Crippen molar-refractivity contribution in [1.29, 1.82) is 0 Å². The van der Waals surface area contributed by atoms with Gasteiger partial charge in [0.15, 0.2) is 0 Å². The lowest BCUT2D eigenvalue weighted by atomic mass is 10.2. The molecule has 0 aliphatic carbocycles. The highest BCUT2D eigenvalue weighted by Gasteiger charge is 2.21. The average Bonchev–Trinajstić information content (AvgIpc) is 2.82. The molecule has 0 aliphatic rings. The number of sulfonamides is 1. The minimum atomic E-state index is -3.70. The first-order valence-electron chi connectivity index (χ1n) is 5.12. The van der Waals surface area contributed by atoms with Crippen LogP contribution in [0.1, 0.15) is 18.5 Å². The summed E-state index contributed by atoms with van der Waals surface area (Å²) in [4.78, 5) is 3.70. The molecule has 1 atom stereocenters. The summed E-state index contributed by atoms with van der Waals surface area (Å²) in [6.07, 6.45) is 4.61. The molecule has 0 spiro atoms. The summed E-state index contributed by atoms with van der Waals surface area (Å²) < 4.78 is 26.7. The van der Waals surface area contributed by atoms with Crippen LogP contribution in [-0.2, 0) is 10.0 Å². The third-order valence-electron chi connectivity index (χ3n) is 2.37. The van der Waals surface area contributed by atoms with Crippen LogP contribution < -0.4 is 4.72 Å². The van der Waals surface area contributed by atoms with Crippen LogP contribution in [0.15, 0.2) is 35.6 Å². The second-order valence-corrected chi connectivity index (χ2v) is 5.71. The molecule has 2 aromatic heterocycles. The maximum Gasteiger partial charge on any atom is 0.244 e. The van der Waals surface area contributed by atoms with Crippen molar-refractivity contribution in [3.8, 4) is 0 Å². The predicted octanol–water partition coefficient (Wildman–Crippen LogP) is 1.50. The van der Waals surface area contributed by atoms with Crippen LogP contribution in [0.25, 0.3) is 0 Å². The summed E-state index contributed by atoms with van der Waals surface area (Å²) in [6, 6.07) is 2.51. The molecule has 0 bridgehead atoms. The van der Waals surface area contributed by atoms with E-state index in [4.69, 9.17) is 11.6 Å². The van der Waals surface area contributed by atoms with Crippen LogP contribution in [0.2, 0.25) is 5.15 Å². The van der Waals surface area contributed by atoms with E-state index in [1.165, 1.54) is 18.3 Å². The zero-order valence-electron chi connectivity index (χ0n) is 9.46. The zero-order valence-corrected chi connectivity index (χ0v) is 11.0. The highest BCUT2D eigenvalue weighted by atomic mass is 35.5. The Morgan fingerprint density at radius 1 is 1.50 bits per heavy atom. The number of aromatic nitrogens is 3. The minimum absolute atomic E-state index is 0.0398. The summed E-state index contributed by atoms with van der Waals surface area (Å²) in [7, 11) is -3.70. The minimum Gasteiger partial charge on any atom is -0.285 e. The molecule has 2 rings (SSSR count). The second kappa shape index (κ2) is 5.05. The van der Waals surface area contributed by atoms with Gasteiger partial charge in [0.1, 0.15) is 10.0 Å². The van der Waals surface area contributed by atoms with Crippen molar-refractivity contribution in [2.45, 2.75) is 17.9 Å². The van der Waals surface area contributed by atoms with E-state index in [1.54, 1.807) is 19.3 Å². The fraction of sp³-hybridized carbons (Fsp3) is 0.200. The van der Waals surface area contributed by atoms with E-state index in [2.05, 4.69) is 19.9 Å². The van der Waals surface area contributed by atoms with Crippen LogP contribution in [0, 0.1) is 0 Å². The standard InChI is InChI=1S/C10H11ClN4O2S/c1-7(8-5-13-14-6-8)15-18(16,17)9-3-2-4-12-10(9)11/h2-7,15H,1H3,(H,13,14). The van der Waals surface area contributed by atoms with Crippen molar-refractivity contribution in [1.82, 2.24) is 19.9 Å². The van der Waals surface area contributed by atoms with Crippen molar-refractivity contribution < 1.29 is 8.42 Å². The maximum absolute atomic E-state index is 12.1. The molecule has 18 heavy (non-hydrogen) atoms. The molecular weight excluding hydrogens is 276 g/mol. The van der Waals surface area contributed by atoms with Crippen molar-refractivity contribution in [3.63, 3.8) is 0 Å². The van der Waals surface area contributed by atoms with Crippen molar-refractivity contribution in [2.24, 2.45) is 0 Å². The molecule has 0 amide bonds. The Balaban J connectivity index is 2.26. The van der Waals surface area contributed by atoms with Crippen molar-refractivity contribution >= 4 is 21.6 Å². The van der Waals surface area contributed by atoms with Crippen LogP contribution in [-0.4, -0.2) is 23.6 Å². The van der Waals surface area contributed by atoms with Gasteiger partial charge in [-0.2, -0.15) is 5.10 Å². The zero-order chi connectivity index (χ0) is 13.2. The second-order valence-electron chi connectivity index (χ2n) is 3.67. The molecule has 1 unspecified atom stereocenters. The molecule has 0 aliphatic heterocycles. The number of nitrogens with zero attached hydrogens (tertiary/aromatic N) is 2. The van der Waals surface area contributed by atoms with Gasteiger partial charge >= 0.3 is 0 Å². The summed E-state index contributed by atoms with van der Waals surface area (Å²) >= 11 is 5.77. The number of nitrogens with one attached hydrogen (secondary N) is 2. The Labute approximate surface area is 109 Å². The van der Waals surface area contributed by atoms with E-state index < -0.39 is 16.1 Å². The van der Waals surface area contributed by atoms with E-state index in [0.717, 1.165) is 5.56 Å². The van der Waals surface area contributed by atoms with Crippen molar-refractivity contribution in [3.05, 3.63) is 41.4 Å². The van der Waals surface area contributed by atoms with Gasteiger partial charge in [-0.25, -0.2) is 18.1 Å². The van der Waals surface area contributed by atoms with E-state index in [-0.39, 0.29) is 10.0 Å². The maximum atomic E-state index is 12.1. The molecule has 2 heterocycles. The Morgan fingerprint density at radius 2 is 2.28 bits per heavy atom. The summed E-state index contributed by atoms with van der Waals surface area (Å²) in [5.41, 5.74) is 0.735. The monoisotopic (exact) mass is 286 g/mol. The molecule has 8 heteroatoms. The lowest BCUT2D eigenvalue weighted by Gasteiger charge is -2.12. The SMILES string of the molecule is CC(NS(=O)(=O)c1cccnc1Cl)c1cn[nH]c1. The van der Waals surface area contributed by atoms with Crippen LogP contribution in [0.5, 0.6) is 0 Å². The number of halogens is 1. The number of aromatic amines is 1. The molecule has 0 aromatic carbocycles. The molecule has 0 saturated heterocycles. The van der Waals surface area contributed by atoms with Gasteiger partial charge in [0.05, 0.1) is 6.20 Å². The smallest absolute Gasteiger partial charge is 0.244 e. The molecule has 2 N–H and O–H groups in total. The number of hydrogen-bond donors (Lipinski definition) is 2. The molecule has 0 saturated carbocycles. The molecule has 2 aromatic rings. The third-order valence-corrected chi connectivity index (χ3v) is 4.35. The average molecular weight is 287 g/mol. The fourth-order valence-corrected chi connectivity index (χ4v) is 3.12. The molecule has 0 radical (unpaired) electrons. The van der Waals surface area contributed by atoms with Gasteiger partial charge < -0.3 is 0 Å². The van der Waals surface area contributed by atoms with Gasteiger partial charge in [-0.1, -0.05) is 11.6 Å². The highest BCUT2D eigenvalue weighted by Crippen LogP contribution is 2.20. The number of hydrogen-bond acceptors (Lipinski definition) is 4. The quantitative estimate of drug-likeness (QED) is 0.834. The topological polar surface area (TPSA) is 87.7 Å². The summed E-state index contributed by atoms with van der Waals surface area (Å²) in [5.74, 6) is 0. The summed E-state index contributed by atoms with van der Waals surface area (Å²) in [5, 5.41) is 6.34. The fourth-order valence-electron chi connectivity index (χ4n) is 1.43. The van der Waals surface area contributed by atoms with Crippen LogP contribution >= 0.6 is 11.6 Å². The molecule has 6 nitrogen and oxygen atoms in total. The lowest BCUT2D eigenvalue weighted by Crippen LogP contribution is -2.27. The molecule has 0 fully saturated rings. The lowest BCUT2D eigenvalue weighted by molar-refractivity contribution is 0.566. The number of H-pyrrole nitrogens is 1. The summed E-state index contributed by atoms with van der Waals surface area (Å²) in [6.45, 7) is 1.71. The van der Waals surface area contributed by atoms with Crippen LogP contribution in [0.3, 0.4) is 0 Å². The van der Waals surface area contributed by atoms with Gasteiger partial charge in [-0.3, -0.25) is 5.10 Å². The third kappa shape index (κ3) is 2.69. The van der Waals surface area contributed by atoms with Gasteiger partial charge in [0.2, 0.25) is 10.0 Å². The van der Waals surface area contributed by atoms with E-state index in [0.29, 0.717) is 0 Å². The van der Waals surface area contributed by atoms with Crippen molar-refractivity contribution in [2.75, 3.05) is 0 Å². The first kappa shape index (κ1) is 13.0. The van der Waals surface area contributed by atoms with Gasteiger partial charge in [0, 0.05) is 24.0 Å². The first-order chi connectivity index (χ1) is 8.50. The predicted molar refractivity (Wildman–Crippen MR) is 66.6 cm³/mol. The van der Waals surface area contributed by atoms with E-state index >= 15 is 0 Å². The van der Waals surface area contributed by atoms with Gasteiger partial charge in [-0.15, -0.1) is 0 Å². The molecule has 96 valence electrons. The van der Waals surface area contributed by atoms with Gasteiger partial charge in [0.25, 0.3) is 0 Å².